The number of nitro benzene ring substituents is 1. The number of H-pyrrole nitrogens is 1. The number of nitro groups is 1. The minimum absolute atomic E-state index is 0.0100. The number of halogens is 3. The van der Waals surface area contributed by atoms with E-state index < -0.39 is 34.3 Å². The molecular weight excluding hydrogens is 581 g/mol. The molecule has 3 N–H and O–H groups in total. The van der Waals surface area contributed by atoms with Crippen molar-refractivity contribution in [3.05, 3.63) is 105 Å². The van der Waals surface area contributed by atoms with E-state index in [1.807, 2.05) is 12.1 Å². The molecule has 0 saturated heterocycles. The summed E-state index contributed by atoms with van der Waals surface area (Å²) >= 11 is 0. The van der Waals surface area contributed by atoms with E-state index in [-0.39, 0.29) is 23.7 Å². The van der Waals surface area contributed by atoms with Crippen LogP contribution in [0.4, 0.5) is 41.0 Å². The Morgan fingerprint density at radius 1 is 1.00 bits per heavy atom. The number of aromatic amines is 1. The van der Waals surface area contributed by atoms with Crippen LogP contribution in [0.25, 0.3) is 5.57 Å². The monoisotopic (exact) mass is 606 g/mol. The smallest absolute Gasteiger partial charge is 0.307 e. The summed E-state index contributed by atoms with van der Waals surface area (Å²) in [5, 5.41) is 29.1. The molecule has 4 aromatic rings. The third-order valence-corrected chi connectivity index (χ3v) is 6.92. The number of anilines is 3. The van der Waals surface area contributed by atoms with Gasteiger partial charge < -0.3 is 5.32 Å². The second kappa shape index (κ2) is 12.7. The van der Waals surface area contributed by atoms with E-state index in [1.54, 1.807) is 24.3 Å². The normalized spacial score (nSPS) is 13.1. The quantitative estimate of drug-likeness (QED) is 0.151. The standard InChI is InChI=1S/C29H25F3N8O4/c30-29(31,32)22-14-23(16-25(15-22)40(43)44)33-28(42)39(24-12-10-20(11-13-24)19-4-2-1-3-5-19)17-18-6-8-21(9-7-18)26(41)34-27-35-37-38-36-27/h4,6-16H,1-3,5,17H2,(H,33,42)(H2,34,35,36,37,38,41). The molecule has 0 atom stereocenters. The number of aromatic nitrogens is 4. The van der Waals surface area contributed by atoms with E-state index in [9.17, 15) is 32.9 Å². The molecule has 44 heavy (non-hydrogen) atoms. The van der Waals surface area contributed by atoms with Crippen molar-refractivity contribution in [2.75, 3.05) is 15.5 Å². The topological polar surface area (TPSA) is 159 Å². The van der Waals surface area contributed by atoms with Crippen LogP contribution in [-0.4, -0.2) is 37.5 Å². The number of urea groups is 1. The van der Waals surface area contributed by atoms with Crippen LogP contribution in [0.1, 0.15) is 52.7 Å². The van der Waals surface area contributed by atoms with Crippen LogP contribution in [-0.2, 0) is 12.7 Å². The molecule has 0 aliphatic heterocycles. The van der Waals surface area contributed by atoms with Gasteiger partial charge in [0.1, 0.15) is 0 Å². The second-order valence-electron chi connectivity index (χ2n) is 9.95. The van der Waals surface area contributed by atoms with Crippen LogP contribution in [0.2, 0.25) is 0 Å². The first-order chi connectivity index (χ1) is 21.1. The summed E-state index contributed by atoms with van der Waals surface area (Å²) in [6.45, 7) is -0.0400. The van der Waals surface area contributed by atoms with Gasteiger partial charge in [-0.25, -0.2) is 4.79 Å². The van der Waals surface area contributed by atoms with Crippen LogP contribution >= 0.6 is 0 Å². The van der Waals surface area contributed by atoms with E-state index in [4.69, 9.17) is 0 Å². The number of carbonyl (C=O) groups is 2. The summed E-state index contributed by atoms with van der Waals surface area (Å²) < 4.78 is 40.4. The van der Waals surface area contributed by atoms with E-state index in [0.717, 1.165) is 37.3 Å². The highest BCUT2D eigenvalue weighted by Crippen LogP contribution is 2.34. The molecule has 226 valence electrons. The van der Waals surface area contributed by atoms with Crippen LogP contribution in [0.5, 0.6) is 0 Å². The number of non-ortho nitro benzene ring substituents is 1. The van der Waals surface area contributed by atoms with Gasteiger partial charge in [0.05, 0.1) is 17.0 Å². The van der Waals surface area contributed by atoms with Gasteiger partial charge in [-0.1, -0.05) is 35.4 Å². The van der Waals surface area contributed by atoms with Gasteiger partial charge in [-0.3, -0.25) is 25.1 Å². The number of benzene rings is 3. The first-order valence-corrected chi connectivity index (χ1v) is 13.5. The maximum absolute atomic E-state index is 13.6. The number of tetrazole rings is 1. The molecule has 5 rings (SSSR count). The van der Waals surface area contributed by atoms with Gasteiger partial charge in [0.15, 0.2) is 0 Å². The molecular formula is C29H25F3N8O4. The predicted molar refractivity (Wildman–Crippen MR) is 155 cm³/mol. The fourth-order valence-electron chi connectivity index (χ4n) is 4.71. The van der Waals surface area contributed by atoms with Crippen molar-refractivity contribution in [2.45, 2.75) is 38.4 Å². The number of carbonyl (C=O) groups excluding carboxylic acids is 2. The molecule has 0 spiro atoms. The van der Waals surface area contributed by atoms with Gasteiger partial charge in [-0.2, -0.15) is 18.4 Å². The molecule has 1 aromatic heterocycles. The number of alkyl halides is 3. The van der Waals surface area contributed by atoms with Crippen molar-refractivity contribution < 1.29 is 27.7 Å². The number of hydrogen-bond donors (Lipinski definition) is 3. The van der Waals surface area contributed by atoms with Crippen LogP contribution in [0.15, 0.2) is 72.8 Å². The van der Waals surface area contributed by atoms with Crippen molar-refractivity contribution in [3.63, 3.8) is 0 Å². The Labute approximate surface area is 248 Å². The van der Waals surface area contributed by atoms with Crippen molar-refractivity contribution in [2.24, 2.45) is 0 Å². The number of rotatable bonds is 8. The highest BCUT2D eigenvalue weighted by Gasteiger charge is 2.33. The molecule has 1 aliphatic carbocycles. The number of nitrogens with one attached hydrogen (secondary N) is 3. The SMILES string of the molecule is O=C(Nc1nn[nH]n1)c1ccc(CN(C(=O)Nc2cc([N+](=O)[O-])cc(C(F)(F)F)c2)c2ccc(C3=CCCCC3)cc2)cc1. The Morgan fingerprint density at radius 2 is 1.75 bits per heavy atom. The molecule has 3 amide bonds. The number of hydrogen-bond acceptors (Lipinski definition) is 7. The minimum atomic E-state index is -4.87. The molecule has 1 aliphatic rings. The Kier molecular flexibility index (Phi) is 8.64. The zero-order valence-corrected chi connectivity index (χ0v) is 23.0. The maximum Gasteiger partial charge on any atom is 0.416 e. The molecule has 0 saturated carbocycles. The van der Waals surface area contributed by atoms with Crippen molar-refractivity contribution in [1.29, 1.82) is 0 Å². The van der Waals surface area contributed by atoms with E-state index in [1.165, 1.54) is 22.6 Å². The van der Waals surface area contributed by atoms with Crippen molar-refractivity contribution in [1.82, 2.24) is 20.6 Å². The van der Waals surface area contributed by atoms with Crippen LogP contribution in [0, 0.1) is 10.1 Å². The lowest BCUT2D eigenvalue weighted by Crippen LogP contribution is -2.34. The summed E-state index contributed by atoms with van der Waals surface area (Å²) in [6, 6.07) is 14.6. The van der Waals surface area contributed by atoms with E-state index in [2.05, 4.69) is 37.3 Å². The Hall–Kier alpha value is -5.60. The fraction of sp³-hybridized carbons (Fsp3) is 0.207. The average molecular weight is 607 g/mol. The first kappa shape index (κ1) is 29.9. The van der Waals surface area contributed by atoms with E-state index in [0.29, 0.717) is 23.4 Å². The maximum atomic E-state index is 13.6. The Balaban J connectivity index is 1.42. The zero-order chi connectivity index (χ0) is 31.3. The average Bonchev–Trinajstić information content (AvgIpc) is 3.53. The van der Waals surface area contributed by atoms with Crippen molar-refractivity contribution in [3.8, 4) is 0 Å². The first-order valence-electron chi connectivity index (χ1n) is 13.5. The van der Waals surface area contributed by atoms with Crippen LogP contribution in [0.3, 0.4) is 0 Å². The molecule has 3 aromatic carbocycles. The highest BCUT2D eigenvalue weighted by atomic mass is 19.4. The number of amides is 3. The Bertz CT molecular complexity index is 1690. The molecule has 0 bridgehead atoms. The summed E-state index contributed by atoms with van der Waals surface area (Å²) in [5.74, 6) is -0.504. The lowest BCUT2D eigenvalue weighted by Gasteiger charge is -2.24. The zero-order valence-electron chi connectivity index (χ0n) is 23.0. The van der Waals surface area contributed by atoms with Gasteiger partial charge in [0.25, 0.3) is 17.5 Å². The predicted octanol–water partition coefficient (Wildman–Crippen LogP) is 6.58. The lowest BCUT2D eigenvalue weighted by molar-refractivity contribution is -0.385. The highest BCUT2D eigenvalue weighted by molar-refractivity contribution is 6.03. The second-order valence-corrected chi connectivity index (χ2v) is 9.95. The third-order valence-electron chi connectivity index (χ3n) is 6.92. The van der Waals surface area contributed by atoms with Crippen molar-refractivity contribution >= 4 is 40.5 Å². The largest absolute Gasteiger partial charge is 0.416 e. The summed E-state index contributed by atoms with van der Waals surface area (Å²) in [6.07, 6.45) is 1.43. The molecule has 1 heterocycles. The third kappa shape index (κ3) is 7.24. The molecule has 15 heteroatoms. The summed E-state index contributed by atoms with van der Waals surface area (Å²) in [4.78, 5) is 37.7. The van der Waals surface area contributed by atoms with Gasteiger partial charge in [0.2, 0.25) is 0 Å². The molecule has 0 fully saturated rings. The fourth-order valence-corrected chi connectivity index (χ4v) is 4.71. The van der Waals surface area contributed by atoms with E-state index >= 15 is 0 Å². The number of nitrogens with zero attached hydrogens (tertiary/aromatic N) is 5. The van der Waals surface area contributed by atoms with Gasteiger partial charge in [0, 0.05) is 29.1 Å². The Morgan fingerprint density at radius 3 is 2.36 bits per heavy atom. The minimum Gasteiger partial charge on any atom is -0.307 e. The van der Waals surface area contributed by atoms with Gasteiger partial charge >= 0.3 is 12.2 Å². The lowest BCUT2D eigenvalue weighted by atomic mass is 9.93. The summed E-state index contributed by atoms with van der Waals surface area (Å²) in [7, 11) is 0. The van der Waals surface area contributed by atoms with Gasteiger partial charge in [-0.15, -0.1) is 5.10 Å². The summed E-state index contributed by atoms with van der Waals surface area (Å²) in [5.41, 5.74) is 1.02. The van der Waals surface area contributed by atoms with Gasteiger partial charge in [-0.05, 0) is 77.9 Å². The number of allylic oxidation sites excluding steroid dienone is 2. The molecule has 0 unspecified atom stereocenters. The molecule has 12 nitrogen and oxygen atoms in total. The molecule has 0 radical (unpaired) electrons. The van der Waals surface area contributed by atoms with Crippen LogP contribution < -0.4 is 15.5 Å².